The van der Waals surface area contributed by atoms with Gasteiger partial charge in [-0.1, -0.05) is 27.2 Å². The van der Waals surface area contributed by atoms with E-state index in [2.05, 4.69) is 37.7 Å². The van der Waals surface area contributed by atoms with E-state index in [9.17, 15) is 45.1 Å². The van der Waals surface area contributed by atoms with Crippen molar-refractivity contribution in [2.45, 2.75) is 127 Å². The molecule has 0 bridgehead atoms. The largest absolute Gasteiger partial charge is 0.351 e. The number of carbonyl (C=O) groups excluding carboxylic acids is 1. The molecule has 52 heavy (non-hydrogen) atoms. The summed E-state index contributed by atoms with van der Waals surface area (Å²) in [5, 5.41) is 35.6. The summed E-state index contributed by atoms with van der Waals surface area (Å²) in [6, 6.07) is 1.79. The van der Waals surface area contributed by atoms with Crippen LogP contribution >= 0.6 is 0 Å². The molecule has 1 heterocycles. The van der Waals surface area contributed by atoms with Crippen LogP contribution in [0.25, 0.3) is 0 Å². The zero-order chi connectivity index (χ0) is 39.1. The Morgan fingerprint density at radius 3 is 2.04 bits per heavy atom. The fourth-order valence-corrected chi connectivity index (χ4v) is 9.37. The monoisotopic (exact) mass is 790 g/mol. The van der Waals surface area contributed by atoms with E-state index < -0.39 is 76.6 Å². The molecule has 2 aliphatic carbocycles. The minimum atomic E-state index is -4.64. The highest BCUT2D eigenvalue weighted by molar-refractivity contribution is 7.86. The molecule has 3 rings (SSSR count). The SMILES string of the molecule is CC(=O)NC1CC(N(CCCCS(=O)(=O)O)CCCCS(=O)(=O)O)CCC1N=Nc1c(C#N)c(C(C)(C)C)nn1C1C(C#N)CCCC1S(=O)(=O)O. The smallest absolute Gasteiger partial charge is 0.269 e. The van der Waals surface area contributed by atoms with Gasteiger partial charge in [-0.25, -0.2) is 4.68 Å². The Balaban J connectivity index is 1.98. The van der Waals surface area contributed by atoms with Crippen molar-refractivity contribution >= 4 is 42.1 Å². The van der Waals surface area contributed by atoms with E-state index in [4.69, 9.17) is 9.11 Å². The molecular weight excluding hydrogens is 741 g/mol. The number of nitriles is 2. The van der Waals surface area contributed by atoms with Gasteiger partial charge in [0.05, 0.1) is 47.3 Å². The van der Waals surface area contributed by atoms with Crippen LogP contribution in [-0.2, 0) is 40.6 Å². The number of rotatable bonds is 16. The van der Waals surface area contributed by atoms with Crippen molar-refractivity contribution in [3.63, 3.8) is 0 Å². The summed E-state index contributed by atoms with van der Waals surface area (Å²) >= 11 is 0. The van der Waals surface area contributed by atoms with E-state index in [0.717, 1.165) is 0 Å². The van der Waals surface area contributed by atoms with Crippen molar-refractivity contribution in [3.8, 4) is 12.1 Å². The lowest BCUT2D eigenvalue weighted by Crippen LogP contribution is -2.51. The molecule has 4 N–H and O–H groups in total. The summed E-state index contributed by atoms with van der Waals surface area (Å²) in [5.74, 6) is -2.09. The molecule has 0 radical (unpaired) electrons. The normalized spacial score (nSPS) is 24.8. The topological polar surface area (TPSA) is 286 Å². The average molecular weight is 791 g/mol. The lowest BCUT2D eigenvalue weighted by molar-refractivity contribution is -0.120. The first kappa shape index (κ1) is 43.4. The number of aromatic nitrogens is 2. The van der Waals surface area contributed by atoms with Gasteiger partial charge in [0, 0.05) is 18.4 Å². The predicted molar refractivity (Wildman–Crippen MR) is 189 cm³/mol. The molecule has 1 aromatic heterocycles. The molecular formula is C31H50N8O10S3. The summed E-state index contributed by atoms with van der Waals surface area (Å²) in [6.07, 6.45) is 3.31. The Kier molecular flexibility index (Phi) is 14.9. The number of amides is 1. The van der Waals surface area contributed by atoms with E-state index in [0.29, 0.717) is 63.7 Å². The lowest BCUT2D eigenvalue weighted by Gasteiger charge is -2.40. The van der Waals surface area contributed by atoms with Gasteiger partial charge < -0.3 is 10.2 Å². The molecule has 2 saturated carbocycles. The fourth-order valence-electron chi connectivity index (χ4n) is 7.11. The molecule has 0 saturated heterocycles. The van der Waals surface area contributed by atoms with E-state index in [-0.39, 0.29) is 42.6 Å². The van der Waals surface area contributed by atoms with Crippen LogP contribution in [0, 0.1) is 28.6 Å². The highest BCUT2D eigenvalue weighted by Crippen LogP contribution is 2.42. The third kappa shape index (κ3) is 12.5. The Bertz CT molecular complexity index is 1820. The molecule has 1 amide bonds. The zero-order valence-corrected chi connectivity index (χ0v) is 32.4. The molecule has 0 aliphatic heterocycles. The maximum atomic E-state index is 12.6. The van der Waals surface area contributed by atoms with Crippen LogP contribution in [0.5, 0.6) is 0 Å². The second-order valence-electron chi connectivity index (χ2n) is 14.6. The van der Waals surface area contributed by atoms with Gasteiger partial charge in [0.25, 0.3) is 30.4 Å². The first-order valence-corrected chi connectivity index (χ1v) is 22.0. The van der Waals surface area contributed by atoms with Crippen molar-refractivity contribution in [1.29, 1.82) is 10.5 Å². The quantitative estimate of drug-likeness (QED) is 0.106. The predicted octanol–water partition coefficient (Wildman–Crippen LogP) is 3.32. The highest BCUT2D eigenvalue weighted by atomic mass is 32.2. The van der Waals surface area contributed by atoms with Gasteiger partial charge in [-0.15, -0.1) is 5.11 Å². The minimum absolute atomic E-state index is 0.0401. The van der Waals surface area contributed by atoms with Gasteiger partial charge in [-0.3, -0.25) is 18.5 Å². The third-order valence-corrected chi connectivity index (χ3v) is 12.4. The second kappa shape index (κ2) is 17.9. The van der Waals surface area contributed by atoms with Gasteiger partial charge in [0.2, 0.25) is 5.91 Å². The summed E-state index contributed by atoms with van der Waals surface area (Å²) in [6.45, 7) is 7.63. The van der Waals surface area contributed by atoms with Crippen LogP contribution in [0.1, 0.15) is 109 Å². The van der Waals surface area contributed by atoms with Crippen LogP contribution in [-0.4, -0.2) is 107 Å². The van der Waals surface area contributed by atoms with Crippen LogP contribution < -0.4 is 5.32 Å². The fraction of sp³-hybridized carbons (Fsp3) is 0.806. The summed E-state index contributed by atoms with van der Waals surface area (Å²) < 4.78 is 99.8. The van der Waals surface area contributed by atoms with Gasteiger partial charge in [-0.2, -0.15) is 46.0 Å². The Morgan fingerprint density at radius 1 is 0.962 bits per heavy atom. The van der Waals surface area contributed by atoms with Gasteiger partial charge in [-0.05, 0) is 70.9 Å². The van der Waals surface area contributed by atoms with Gasteiger partial charge >= 0.3 is 0 Å². The second-order valence-corrected chi connectivity index (χ2v) is 19.4. The van der Waals surface area contributed by atoms with Crippen LogP contribution in [0.3, 0.4) is 0 Å². The first-order chi connectivity index (χ1) is 24.1. The van der Waals surface area contributed by atoms with Crippen molar-refractivity contribution in [2.75, 3.05) is 24.6 Å². The van der Waals surface area contributed by atoms with Crippen molar-refractivity contribution in [1.82, 2.24) is 20.0 Å². The molecule has 2 aliphatic rings. The third-order valence-electron chi connectivity index (χ3n) is 9.52. The van der Waals surface area contributed by atoms with Crippen molar-refractivity contribution in [3.05, 3.63) is 11.3 Å². The van der Waals surface area contributed by atoms with Gasteiger partial charge in [0.1, 0.15) is 16.9 Å². The molecule has 1 aromatic rings. The van der Waals surface area contributed by atoms with E-state index in [1.54, 1.807) is 0 Å². The maximum Gasteiger partial charge on any atom is 0.269 e. The van der Waals surface area contributed by atoms with E-state index in [1.165, 1.54) is 11.6 Å². The number of carbonyl (C=O) groups is 1. The van der Waals surface area contributed by atoms with Gasteiger partial charge in [0.15, 0.2) is 5.82 Å². The Labute approximate surface area is 306 Å². The van der Waals surface area contributed by atoms with E-state index >= 15 is 0 Å². The standard InChI is InChI=1S/C31H50N8O10S3/c1-21(40)34-26-18-23(38(14-5-7-16-50(41,42)43)15-6-8-17-51(44,45)46)12-13-25(26)35-36-30-24(20-33)29(31(2,3)4)37-39(30)28-22(19-32)10-9-11-27(28)52(47,48)49/h22-23,25-28H,5-18H2,1-4H3,(H,34,40)(H,41,42,43)(H,44,45,46)(H,47,48,49). The first-order valence-electron chi connectivity index (χ1n) is 17.3. The molecule has 21 heteroatoms. The van der Waals surface area contributed by atoms with Crippen LogP contribution in [0.4, 0.5) is 5.82 Å². The minimum Gasteiger partial charge on any atom is -0.351 e. The number of nitrogens with one attached hydrogen (secondary N) is 1. The van der Waals surface area contributed by atoms with Crippen LogP contribution in [0.15, 0.2) is 10.2 Å². The number of azo groups is 1. The number of hydrogen-bond donors (Lipinski definition) is 4. The molecule has 6 atom stereocenters. The molecule has 6 unspecified atom stereocenters. The average Bonchev–Trinajstić information content (AvgIpc) is 3.40. The van der Waals surface area contributed by atoms with Crippen molar-refractivity contribution < 1.29 is 43.7 Å². The maximum absolute atomic E-state index is 12.6. The molecule has 18 nitrogen and oxygen atoms in total. The number of hydrogen-bond acceptors (Lipinski definition) is 13. The molecule has 0 spiro atoms. The lowest BCUT2D eigenvalue weighted by atomic mass is 9.85. The van der Waals surface area contributed by atoms with Crippen LogP contribution in [0.2, 0.25) is 0 Å². The molecule has 2 fully saturated rings. The Hall–Kier alpha value is -3.05. The summed E-state index contributed by atoms with van der Waals surface area (Å²) in [7, 11) is -12.9. The van der Waals surface area contributed by atoms with E-state index in [1.807, 2.05) is 20.8 Å². The molecule has 292 valence electrons. The molecule has 0 aromatic carbocycles. The Morgan fingerprint density at radius 2 is 1.56 bits per heavy atom. The number of nitrogens with zero attached hydrogens (tertiary/aromatic N) is 7. The summed E-state index contributed by atoms with van der Waals surface area (Å²) in [4.78, 5) is 14.4. The number of unbranched alkanes of at least 4 members (excludes halogenated alkanes) is 2. The zero-order valence-electron chi connectivity index (χ0n) is 29.9. The summed E-state index contributed by atoms with van der Waals surface area (Å²) in [5.41, 5.74) is -0.354. The van der Waals surface area contributed by atoms with Crippen molar-refractivity contribution in [2.24, 2.45) is 16.1 Å². The highest BCUT2D eigenvalue weighted by Gasteiger charge is 2.45.